The summed E-state index contributed by atoms with van der Waals surface area (Å²) in [5.41, 5.74) is 6.10. The molecule has 8 nitrogen and oxygen atoms in total. The maximum Gasteiger partial charge on any atom is 0.250 e. The van der Waals surface area contributed by atoms with E-state index in [1.165, 1.54) is 0 Å². The molecular weight excluding hydrogens is 388 g/mol. The molecule has 1 aliphatic heterocycles. The van der Waals surface area contributed by atoms with Crippen LogP contribution >= 0.6 is 0 Å². The van der Waals surface area contributed by atoms with Gasteiger partial charge in [0.25, 0.3) is 0 Å². The van der Waals surface area contributed by atoms with Crippen molar-refractivity contribution in [3.63, 3.8) is 0 Å². The average Bonchev–Trinajstić information content (AvgIpc) is 3.44. The number of aromatic nitrogens is 4. The van der Waals surface area contributed by atoms with E-state index >= 15 is 0 Å². The lowest BCUT2D eigenvalue weighted by Crippen LogP contribution is -2.21. The van der Waals surface area contributed by atoms with Gasteiger partial charge in [-0.25, -0.2) is 5.43 Å². The zero-order valence-electron chi connectivity index (χ0n) is 17.4. The number of benzene rings is 2. The Morgan fingerprint density at radius 1 is 0.903 bits per heavy atom. The number of para-hydroxylation sites is 2. The van der Waals surface area contributed by atoms with Crippen LogP contribution in [0.2, 0.25) is 0 Å². The van der Waals surface area contributed by atoms with Crippen molar-refractivity contribution in [2.24, 2.45) is 12.1 Å². The summed E-state index contributed by atoms with van der Waals surface area (Å²) < 4.78 is 2.09. The molecular formula is C23H24N8. The van der Waals surface area contributed by atoms with E-state index < -0.39 is 0 Å². The molecule has 1 aliphatic rings. The summed E-state index contributed by atoms with van der Waals surface area (Å²) in [6.45, 7) is 1.90. The van der Waals surface area contributed by atoms with Crippen LogP contribution in [0.5, 0.6) is 0 Å². The second-order valence-corrected chi connectivity index (χ2v) is 7.55. The molecule has 0 spiro atoms. The van der Waals surface area contributed by atoms with Gasteiger partial charge in [0.15, 0.2) is 0 Å². The Hall–Kier alpha value is -3.94. The zero-order chi connectivity index (χ0) is 21.0. The number of fused-ring (bicyclic) bond motifs is 1. The smallest absolute Gasteiger partial charge is 0.250 e. The van der Waals surface area contributed by atoms with E-state index in [0.29, 0.717) is 17.8 Å². The lowest BCUT2D eigenvalue weighted by Gasteiger charge is -2.16. The summed E-state index contributed by atoms with van der Waals surface area (Å²) in [5, 5.41) is 8.81. The minimum Gasteiger partial charge on any atom is -0.350 e. The summed E-state index contributed by atoms with van der Waals surface area (Å²) in [5.74, 6) is 1.56. The first-order chi connectivity index (χ1) is 15.3. The molecule has 31 heavy (non-hydrogen) atoms. The van der Waals surface area contributed by atoms with Crippen molar-refractivity contribution in [1.29, 1.82) is 0 Å². The molecule has 4 aromatic rings. The molecule has 2 aromatic carbocycles. The van der Waals surface area contributed by atoms with Crippen LogP contribution in [0.1, 0.15) is 18.4 Å². The predicted octanol–water partition coefficient (Wildman–Crippen LogP) is 4.15. The van der Waals surface area contributed by atoms with Gasteiger partial charge in [-0.15, -0.1) is 0 Å². The first kappa shape index (κ1) is 19.0. The van der Waals surface area contributed by atoms with E-state index in [1.54, 1.807) is 6.21 Å². The Morgan fingerprint density at radius 2 is 1.65 bits per heavy atom. The molecule has 0 saturated carbocycles. The van der Waals surface area contributed by atoms with Gasteiger partial charge < -0.3 is 14.8 Å². The Bertz CT molecular complexity index is 1210. The normalized spacial score (nSPS) is 13.9. The summed E-state index contributed by atoms with van der Waals surface area (Å²) >= 11 is 0. The summed E-state index contributed by atoms with van der Waals surface area (Å²) in [6.07, 6.45) is 6.15. The quantitative estimate of drug-likeness (QED) is 0.366. The van der Waals surface area contributed by atoms with Gasteiger partial charge in [0.1, 0.15) is 0 Å². The second kappa shape index (κ2) is 8.43. The van der Waals surface area contributed by atoms with Crippen LogP contribution in [0, 0.1) is 0 Å². The van der Waals surface area contributed by atoms with E-state index in [2.05, 4.69) is 58.6 Å². The fourth-order valence-corrected chi connectivity index (χ4v) is 3.82. The predicted molar refractivity (Wildman–Crippen MR) is 125 cm³/mol. The van der Waals surface area contributed by atoms with E-state index in [9.17, 15) is 0 Å². The van der Waals surface area contributed by atoms with Crippen molar-refractivity contribution < 1.29 is 0 Å². The number of nitrogens with one attached hydrogen (secondary N) is 2. The van der Waals surface area contributed by atoms with Gasteiger partial charge in [0, 0.05) is 48.5 Å². The molecule has 0 radical (unpaired) electrons. The number of hydrogen-bond donors (Lipinski definition) is 2. The van der Waals surface area contributed by atoms with E-state index in [4.69, 9.17) is 0 Å². The molecule has 3 heterocycles. The summed E-state index contributed by atoms with van der Waals surface area (Å²) in [4.78, 5) is 15.9. The highest BCUT2D eigenvalue weighted by atomic mass is 15.4. The highest BCUT2D eigenvalue weighted by Gasteiger charge is 2.17. The molecule has 1 saturated heterocycles. The van der Waals surface area contributed by atoms with Gasteiger partial charge >= 0.3 is 0 Å². The van der Waals surface area contributed by atoms with Crippen LogP contribution in [-0.4, -0.2) is 38.8 Å². The molecule has 2 aromatic heterocycles. The van der Waals surface area contributed by atoms with Gasteiger partial charge in [0.05, 0.1) is 6.21 Å². The van der Waals surface area contributed by atoms with E-state index in [0.717, 1.165) is 48.1 Å². The number of anilines is 4. The molecule has 0 atom stereocenters. The zero-order valence-corrected chi connectivity index (χ0v) is 17.4. The molecule has 1 fully saturated rings. The van der Waals surface area contributed by atoms with E-state index in [1.807, 2.05) is 49.5 Å². The number of rotatable bonds is 6. The highest BCUT2D eigenvalue weighted by molar-refractivity contribution is 5.99. The minimum absolute atomic E-state index is 0.409. The monoisotopic (exact) mass is 412 g/mol. The second-order valence-electron chi connectivity index (χ2n) is 7.55. The maximum atomic E-state index is 4.62. The standard InChI is InChI=1S/C23H24N8/c1-30-16-17(19-11-5-6-12-20(19)30)15-24-29-22-26-21(25-18-9-3-2-4-10-18)27-23(28-22)31-13-7-8-14-31/h2-6,9-12,15-16H,7-8,13-14H2,1H3,(H2,25,26,27,28,29)/b24-15+. The van der Waals surface area contributed by atoms with Crippen molar-refractivity contribution in [1.82, 2.24) is 19.5 Å². The Balaban J connectivity index is 1.41. The van der Waals surface area contributed by atoms with Crippen molar-refractivity contribution in [2.75, 3.05) is 28.7 Å². The molecule has 0 bridgehead atoms. The third-order valence-electron chi connectivity index (χ3n) is 5.34. The average molecular weight is 413 g/mol. The van der Waals surface area contributed by atoms with Crippen LogP contribution in [0.3, 0.4) is 0 Å². The van der Waals surface area contributed by atoms with Crippen LogP contribution in [0.25, 0.3) is 10.9 Å². The van der Waals surface area contributed by atoms with Gasteiger partial charge in [-0.1, -0.05) is 36.4 Å². The number of nitrogens with zero attached hydrogens (tertiary/aromatic N) is 6. The number of hydrogen-bond acceptors (Lipinski definition) is 7. The first-order valence-electron chi connectivity index (χ1n) is 10.4. The van der Waals surface area contributed by atoms with Gasteiger partial charge in [0.2, 0.25) is 17.8 Å². The Labute approximate surface area is 180 Å². The molecule has 8 heteroatoms. The van der Waals surface area contributed by atoms with Crippen LogP contribution in [0.15, 0.2) is 65.9 Å². The van der Waals surface area contributed by atoms with Crippen molar-refractivity contribution in [2.45, 2.75) is 12.8 Å². The van der Waals surface area contributed by atoms with Crippen LogP contribution in [-0.2, 0) is 7.05 Å². The Kier molecular flexibility index (Phi) is 5.18. The topological polar surface area (TPSA) is 83.3 Å². The van der Waals surface area contributed by atoms with Gasteiger partial charge in [-0.05, 0) is 31.0 Å². The number of aryl methyl sites for hydroxylation is 1. The fraction of sp³-hybridized carbons (Fsp3) is 0.217. The lowest BCUT2D eigenvalue weighted by molar-refractivity contribution is 0.883. The molecule has 0 aliphatic carbocycles. The Morgan fingerprint density at radius 3 is 2.48 bits per heavy atom. The third kappa shape index (κ3) is 4.18. The largest absolute Gasteiger partial charge is 0.350 e. The summed E-state index contributed by atoms with van der Waals surface area (Å²) in [6, 6.07) is 18.1. The molecule has 5 rings (SSSR count). The molecule has 2 N–H and O–H groups in total. The third-order valence-corrected chi connectivity index (χ3v) is 5.34. The highest BCUT2D eigenvalue weighted by Crippen LogP contribution is 2.21. The van der Waals surface area contributed by atoms with Crippen LogP contribution in [0.4, 0.5) is 23.5 Å². The van der Waals surface area contributed by atoms with Crippen molar-refractivity contribution in [3.05, 3.63) is 66.4 Å². The lowest BCUT2D eigenvalue weighted by atomic mass is 10.2. The van der Waals surface area contributed by atoms with Gasteiger partial charge in [-0.3, -0.25) is 0 Å². The molecule has 156 valence electrons. The van der Waals surface area contributed by atoms with Crippen molar-refractivity contribution >= 4 is 40.6 Å². The first-order valence-corrected chi connectivity index (χ1v) is 10.4. The van der Waals surface area contributed by atoms with Gasteiger partial charge in [-0.2, -0.15) is 20.1 Å². The SMILES string of the molecule is Cn1cc(/C=N/Nc2nc(Nc3ccccc3)nc(N3CCCC3)n2)c2ccccc21. The van der Waals surface area contributed by atoms with E-state index in [-0.39, 0.29) is 0 Å². The summed E-state index contributed by atoms with van der Waals surface area (Å²) in [7, 11) is 2.03. The molecule has 0 unspecified atom stereocenters. The van der Waals surface area contributed by atoms with Crippen molar-refractivity contribution in [3.8, 4) is 0 Å². The minimum atomic E-state index is 0.409. The number of hydrazone groups is 1. The molecule has 0 amide bonds. The van der Waals surface area contributed by atoms with Crippen LogP contribution < -0.4 is 15.6 Å². The maximum absolute atomic E-state index is 4.62. The fourth-order valence-electron chi connectivity index (χ4n) is 3.82.